The number of benzene rings is 2. The van der Waals surface area contributed by atoms with Crippen molar-refractivity contribution in [2.75, 3.05) is 13.2 Å². The average Bonchev–Trinajstić information content (AvgIpc) is 1.40. The first kappa shape index (κ1) is 75.4. The van der Waals surface area contributed by atoms with E-state index in [0.29, 0.717) is 48.4 Å². The minimum Gasteiger partial charge on any atom is -0.461 e. The Morgan fingerprint density at radius 2 is 1.13 bits per heavy atom. The molecular formula is C68H86N10O12S5Si2. The Morgan fingerprint density at radius 1 is 0.577 bits per heavy atom. The number of nitrogens with zero attached hydrogens (tertiary/aromatic N) is 6. The van der Waals surface area contributed by atoms with Crippen molar-refractivity contribution in [3.63, 3.8) is 0 Å². The number of aromatic nitrogens is 6. The molecule has 6 aromatic heterocycles. The summed E-state index contributed by atoms with van der Waals surface area (Å²) in [6.07, 6.45) is -2.91. The van der Waals surface area contributed by atoms with E-state index in [0.717, 1.165) is 21.7 Å². The molecule has 2 aromatic carbocycles. The fourth-order valence-electron chi connectivity index (χ4n) is 10.3. The van der Waals surface area contributed by atoms with Gasteiger partial charge in [-0.3, -0.25) is 19.2 Å². The van der Waals surface area contributed by atoms with E-state index in [2.05, 4.69) is 100 Å². The highest BCUT2D eigenvalue weighted by Crippen LogP contribution is 2.43. The summed E-state index contributed by atoms with van der Waals surface area (Å²) in [6, 6.07) is 20.8. The predicted octanol–water partition coefficient (Wildman–Crippen LogP) is 12.6. The van der Waals surface area contributed by atoms with Gasteiger partial charge >= 0.3 is 18.0 Å². The molecule has 6 heterocycles. The van der Waals surface area contributed by atoms with Gasteiger partial charge in [0.15, 0.2) is 14.0 Å². The van der Waals surface area contributed by atoms with Crippen LogP contribution in [-0.2, 0) is 32.7 Å². The second-order valence-corrected chi connectivity index (χ2v) is 40.8. The summed E-state index contributed by atoms with van der Waals surface area (Å²) in [5.74, 6) is -2.77. The summed E-state index contributed by atoms with van der Waals surface area (Å²) < 4.78 is 30.4. The van der Waals surface area contributed by atoms with E-state index in [1.165, 1.54) is 66.1 Å². The van der Waals surface area contributed by atoms with Gasteiger partial charge in [-0.1, -0.05) is 102 Å². The van der Waals surface area contributed by atoms with E-state index >= 15 is 0 Å². The number of carbonyl (C=O) groups excluding carboxylic acids is 6. The number of aliphatic hydroxyl groups is 1. The topological polar surface area (TPSA) is 294 Å². The van der Waals surface area contributed by atoms with Crippen molar-refractivity contribution < 1.29 is 56.9 Å². The Balaban J connectivity index is 1.17. The van der Waals surface area contributed by atoms with E-state index in [4.69, 9.17) is 53.0 Å². The largest absolute Gasteiger partial charge is 0.461 e. The van der Waals surface area contributed by atoms with Crippen molar-refractivity contribution in [3.05, 3.63) is 127 Å². The Hall–Kier alpha value is -7.33. The molecule has 0 unspecified atom stereocenters. The van der Waals surface area contributed by atoms with Crippen LogP contribution in [0.3, 0.4) is 0 Å². The number of rotatable bonds is 26. The minimum atomic E-state index is -3.32. The second kappa shape index (κ2) is 30.8. The second-order valence-electron chi connectivity index (χ2n) is 27.4. The summed E-state index contributed by atoms with van der Waals surface area (Å²) >= 11 is 6.11. The lowest BCUT2D eigenvalue weighted by Crippen LogP contribution is -2.68. The maximum Gasteiger partial charge on any atom is 0.408 e. The van der Waals surface area contributed by atoms with Gasteiger partial charge in [0.05, 0.1) is 36.7 Å². The highest BCUT2D eigenvalue weighted by molar-refractivity contribution is 7.15. The highest BCUT2D eigenvalue weighted by atomic mass is 32.1. The van der Waals surface area contributed by atoms with Crippen molar-refractivity contribution in [1.29, 1.82) is 0 Å². The molecule has 0 spiro atoms. The van der Waals surface area contributed by atoms with E-state index in [9.17, 15) is 33.9 Å². The van der Waals surface area contributed by atoms with Gasteiger partial charge in [-0.15, -0.1) is 56.7 Å². The molecule has 518 valence electrons. The molecule has 4 amide bonds. The van der Waals surface area contributed by atoms with Crippen molar-refractivity contribution in [2.24, 2.45) is 0 Å². The number of alkyl carbamates (subject to hydrolysis) is 1. The number of nitrogens with one attached hydrogen (secondary N) is 4. The third kappa shape index (κ3) is 18.5. The molecule has 0 saturated heterocycles. The number of ether oxygens (including phenoxy) is 3. The summed E-state index contributed by atoms with van der Waals surface area (Å²) in [7, 11) is -5.76. The average molecular weight is 1450 g/mol. The Morgan fingerprint density at radius 3 is 1.73 bits per heavy atom. The van der Waals surface area contributed by atoms with E-state index in [-0.39, 0.29) is 40.3 Å². The number of hydrogen-bond acceptors (Lipinski definition) is 23. The normalized spacial score (nSPS) is 14.3. The van der Waals surface area contributed by atoms with Gasteiger partial charge < -0.3 is 49.4 Å². The van der Waals surface area contributed by atoms with Gasteiger partial charge in [-0.05, 0) is 108 Å². The van der Waals surface area contributed by atoms with Crippen molar-refractivity contribution >= 4 is 119 Å². The van der Waals surface area contributed by atoms with Crippen LogP contribution in [0.15, 0.2) is 99.7 Å². The van der Waals surface area contributed by atoms with Crippen LogP contribution in [0.25, 0.3) is 43.4 Å². The lowest BCUT2D eigenvalue weighted by Gasteiger charge is -2.45. The van der Waals surface area contributed by atoms with Crippen molar-refractivity contribution in [3.8, 4) is 43.4 Å². The molecule has 29 heteroatoms. The van der Waals surface area contributed by atoms with Crippen LogP contribution in [0.5, 0.6) is 0 Å². The molecule has 0 bridgehead atoms. The van der Waals surface area contributed by atoms with Crippen LogP contribution in [0.2, 0.25) is 23.2 Å². The third-order valence-electron chi connectivity index (χ3n) is 16.0. The van der Waals surface area contributed by atoms with Crippen LogP contribution in [-0.4, -0.2) is 136 Å². The zero-order valence-electron chi connectivity index (χ0n) is 57.9. The molecular weight excluding hydrogens is 1370 g/mol. The van der Waals surface area contributed by atoms with Gasteiger partial charge in [0, 0.05) is 39.4 Å². The van der Waals surface area contributed by atoms with Crippen LogP contribution in [0, 0.1) is 0 Å². The van der Waals surface area contributed by atoms with Gasteiger partial charge in [0.2, 0.25) is 5.91 Å². The van der Waals surface area contributed by atoms with Crippen molar-refractivity contribution in [2.45, 2.75) is 182 Å². The zero-order valence-corrected chi connectivity index (χ0v) is 63.9. The maximum atomic E-state index is 15.0. The Labute approximate surface area is 588 Å². The number of pyridine rings is 1. The number of hydrogen-bond donors (Lipinski definition) is 5. The fourth-order valence-corrected chi connectivity index (χ4v) is 20.8. The summed E-state index contributed by atoms with van der Waals surface area (Å²) in [4.78, 5) is 111. The first-order chi connectivity index (χ1) is 45.4. The number of esters is 2. The van der Waals surface area contributed by atoms with E-state index in [1.54, 1.807) is 63.7 Å². The summed E-state index contributed by atoms with van der Waals surface area (Å²) in [5.41, 5.74) is 0.0768. The highest BCUT2D eigenvalue weighted by Gasteiger charge is 2.52. The summed E-state index contributed by atoms with van der Waals surface area (Å²) in [6.45, 7) is 33.6. The quantitative estimate of drug-likeness (QED) is 0.0191. The molecule has 97 heavy (non-hydrogen) atoms. The van der Waals surface area contributed by atoms with Gasteiger partial charge in [0.1, 0.15) is 83.3 Å². The predicted molar refractivity (Wildman–Crippen MR) is 387 cm³/mol. The van der Waals surface area contributed by atoms with Gasteiger partial charge in [-0.2, -0.15) is 0 Å². The van der Waals surface area contributed by atoms with E-state index < -0.39 is 105 Å². The molecule has 0 aliphatic carbocycles. The molecule has 22 nitrogen and oxygen atoms in total. The SMILES string of the molecule is CCOC(=O)c1csc(-c2ccc(-c3nc(-c4nc(C(=O)N[C@H](C(=O)NC[C@H](C)OC(C)=O)[C@@H](C)O[Si](C)(C)C(C)(C)C)cs4)cs3)nc2-c2csc([C@@H](NC(=O)c3csc([C@H](NC(=O)OC(C)(C)C)C(C)(C)O)n3)[C@@H](C)O[Si](c3ccccc3)(c3ccccc3)C(C)(C)C)n2)n1. The summed E-state index contributed by atoms with van der Waals surface area (Å²) in [5, 5.41) is 34.9. The molecule has 0 aliphatic heterocycles. The number of carbonyl (C=O) groups is 6. The van der Waals surface area contributed by atoms with Crippen LogP contribution in [0.4, 0.5) is 4.79 Å². The van der Waals surface area contributed by atoms with Crippen molar-refractivity contribution in [1.82, 2.24) is 51.2 Å². The molecule has 8 rings (SSSR count). The standard InChI is InChI=1S/C68H86N10O12S5Si2/c1-19-86-63(83)50-37-91-58(75-50)44-30-31-45(59-74-49(36-93-59)60-72-47(34-92-60)55(80)76-51(39(3)89-96(17,18)66(9,10)11)57(82)69-32-38(2)87-41(5)79)70-53(44)46-33-94-61(71-46)52(40(4)90-97(67(12,13)14,42-26-22-20-23-27-42)43-28-24-21-25-29-43)77-56(81)48-35-95-62(73-48)54(68(15,16)85)78-64(84)88-65(6,7)8/h20-31,33-40,51-52,54,85H,19,32H2,1-18H3,(H,69,82)(H,76,80)(H,77,81)(H,78,84)/t38-,39+,40+,51-,52-,54-/m0/s1. The smallest absolute Gasteiger partial charge is 0.408 e. The van der Waals surface area contributed by atoms with E-state index in [1.807, 2.05) is 60.1 Å². The lowest BCUT2D eigenvalue weighted by atomic mass is 10.00. The van der Waals surface area contributed by atoms with Crippen LogP contribution < -0.4 is 31.6 Å². The Bertz CT molecular complexity index is 4030. The molecule has 0 radical (unpaired) electrons. The number of thiazole rings is 5. The molecule has 0 fully saturated rings. The third-order valence-corrected chi connectivity index (χ3v) is 30.1. The van der Waals surface area contributed by atoms with Gasteiger partial charge in [-0.25, -0.2) is 39.5 Å². The zero-order chi connectivity index (χ0) is 71.2. The van der Waals surface area contributed by atoms with Gasteiger partial charge in [0.25, 0.3) is 20.1 Å². The molecule has 6 atom stereocenters. The molecule has 0 saturated carbocycles. The fraction of sp³-hybridized carbons (Fsp3) is 0.441. The molecule has 8 aromatic rings. The van der Waals surface area contributed by atoms with Crippen LogP contribution in [0.1, 0.15) is 164 Å². The Kier molecular flexibility index (Phi) is 24.0. The number of amides is 4. The van der Waals surface area contributed by atoms with Crippen LogP contribution >= 0.6 is 56.7 Å². The minimum absolute atomic E-state index is 0.0125. The first-order valence-corrected chi connectivity index (χ1v) is 40.8. The maximum absolute atomic E-state index is 15.0. The lowest BCUT2D eigenvalue weighted by molar-refractivity contribution is -0.146. The molecule has 5 N–H and O–H groups in total. The monoisotopic (exact) mass is 1450 g/mol. The first-order valence-electron chi connectivity index (χ1n) is 31.6. The molecule has 0 aliphatic rings.